The number of carbonyl (C=O) groups excluding carboxylic acids is 1. The number of ketones is 1. The van der Waals surface area contributed by atoms with E-state index in [1.807, 2.05) is 37.3 Å². The zero-order valence-corrected chi connectivity index (χ0v) is 13.3. The van der Waals surface area contributed by atoms with E-state index in [2.05, 4.69) is 0 Å². The summed E-state index contributed by atoms with van der Waals surface area (Å²) in [6.45, 7) is 3.58. The van der Waals surface area contributed by atoms with E-state index in [4.69, 9.17) is 0 Å². The minimum absolute atomic E-state index is 0.0277. The van der Waals surface area contributed by atoms with Gasteiger partial charge in [0.1, 0.15) is 4.70 Å². The molecule has 0 aliphatic carbocycles. The van der Waals surface area contributed by atoms with Gasteiger partial charge < -0.3 is 5.21 Å². The molecule has 0 radical (unpaired) electrons. The van der Waals surface area contributed by atoms with E-state index < -0.39 is 0 Å². The maximum atomic E-state index is 11.8. The molecule has 5 heteroatoms. The Morgan fingerprint density at radius 1 is 1.24 bits per heavy atom. The van der Waals surface area contributed by atoms with Gasteiger partial charge in [-0.05, 0) is 32.0 Å². The lowest BCUT2D eigenvalue weighted by atomic mass is 10.2. The first kappa shape index (κ1) is 14.1. The van der Waals surface area contributed by atoms with Crippen molar-refractivity contribution in [3.05, 3.63) is 58.4 Å². The number of hydrogen-bond acceptors (Lipinski definition) is 4. The van der Waals surface area contributed by atoms with E-state index in [0.717, 1.165) is 24.6 Å². The molecule has 0 fully saturated rings. The highest BCUT2D eigenvalue weighted by atomic mass is 32.2. The number of carbonyl (C=O) groups is 1. The first-order valence-corrected chi connectivity index (χ1v) is 8.08. The quantitative estimate of drug-likeness (QED) is 0.413. The topological polar surface area (TPSA) is 44.0 Å². The largest absolute Gasteiger partial charge is 0.619 e. The van der Waals surface area contributed by atoms with E-state index in [1.54, 1.807) is 13.1 Å². The molecule has 0 aliphatic heterocycles. The van der Waals surface area contributed by atoms with Gasteiger partial charge in [-0.15, -0.1) is 11.3 Å². The van der Waals surface area contributed by atoms with Crippen LogP contribution in [0.25, 0.3) is 10.1 Å². The van der Waals surface area contributed by atoms with Crippen LogP contribution in [0.2, 0.25) is 0 Å². The highest BCUT2D eigenvalue weighted by molar-refractivity contribution is 7.99. The molecule has 0 saturated carbocycles. The van der Waals surface area contributed by atoms with Crippen molar-refractivity contribution in [2.24, 2.45) is 0 Å². The zero-order chi connectivity index (χ0) is 15.0. The van der Waals surface area contributed by atoms with Gasteiger partial charge in [-0.2, -0.15) is 4.73 Å². The number of hydrogen-bond donors (Lipinski definition) is 0. The zero-order valence-electron chi connectivity index (χ0n) is 11.6. The average molecular weight is 315 g/mol. The summed E-state index contributed by atoms with van der Waals surface area (Å²) >= 11 is 2.90. The van der Waals surface area contributed by atoms with Crippen LogP contribution in [-0.2, 0) is 0 Å². The summed E-state index contributed by atoms with van der Waals surface area (Å²) in [7, 11) is 0. The molecule has 0 saturated heterocycles. The molecule has 21 heavy (non-hydrogen) atoms. The van der Waals surface area contributed by atoms with Gasteiger partial charge in [0.25, 0.3) is 0 Å². The van der Waals surface area contributed by atoms with Crippen LogP contribution in [0.4, 0.5) is 0 Å². The smallest absolute Gasteiger partial charge is 0.198 e. The molecule has 0 unspecified atom stereocenters. The van der Waals surface area contributed by atoms with Crippen molar-refractivity contribution in [2.75, 3.05) is 0 Å². The van der Waals surface area contributed by atoms with Gasteiger partial charge in [-0.1, -0.05) is 29.5 Å². The molecule has 2 heterocycles. The van der Waals surface area contributed by atoms with E-state index >= 15 is 0 Å². The highest BCUT2D eigenvalue weighted by Gasteiger charge is 2.14. The normalized spacial score (nSPS) is 11.0. The van der Waals surface area contributed by atoms with Crippen molar-refractivity contribution in [1.82, 2.24) is 0 Å². The van der Waals surface area contributed by atoms with Crippen LogP contribution >= 0.6 is 23.1 Å². The fourth-order valence-electron chi connectivity index (χ4n) is 2.02. The predicted octanol–water partition coefficient (Wildman–Crippen LogP) is 4.20. The summed E-state index contributed by atoms with van der Waals surface area (Å²) in [4.78, 5) is 14.2. The number of aromatic nitrogens is 1. The number of aryl methyl sites for hydroxylation is 1. The molecule has 0 atom stereocenters. The van der Waals surface area contributed by atoms with Gasteiger partial charge >= 0.3 is 0 Å². The Morgan fingerprint density at radius 3 is 2.62 bits per heavy atom. The molecule has 0 amide bonds. The summed E-state index contributed by atoms with van der Waals surface area (Å²) in [6.07, 6.45) is 3.08. The molecule has 106 valence electrons. The van der Waals surface area contributed by atoms with Crippen LogP contribution < -0.4 is 4.73 Å². The molecule has 3 aromatic rings. The van der Waals surface area contributed by atoms with Gasteiger partial charge in [-0.25, -0.2) is 0 Å². The van der Waals surface area contributed by atoms with E-state index in [1.165, 1.54) is 34.9 Å². The number of fused-ring (bicyclic) bond motifs is 1. The van der Waals surface area contributed by atoms with Gasteiger partial charge in [0, 0.05) is 10.3 Å². The third-order valence-electron chi connectivity index (χ3n) is 3.11. The molecule has 0 aliphatic rings. The maximum Gasteiger partial charge on any atom is 0.198 e. The van der Waals surface area contributed by atoms with Gasteiger partial charge in [0.15, 0.2) is 18.2 Å². The van der Waals surface area contributed by atoms with Crippen molar-refractivity contribution in [3.8, 4) is 0 Å². The van der Waals surface area contributed by atoms with Gasteiger partial charge in [0.05, 0.1) is 9.77 Å². The Balaban J connectivity index is 2.08. The lowest BCUT2D eigenvalue weighted by Gasteiger charge is -2.04. The summed E-state index contributed by atoms with van der Waals surface area (Å²) in [5.41, 5.74) is 1.20. The van der Waals surface area contributed by atoms with Crippen LogP contribution in [0.3, 0.4) is 0 Å². The minimum atomic E-state index is 0.0277. The van der Waals surface area contributed by atoms with Crippen LogP contribution in [0, 0.1) is 12.1 Å². The van der Waals surface area contributed by atoms with E-state index in [-0.39, 0.29) is 5.78 Å². The first-order chi connectivity index (χ1) is 10.0. The Labute approximate surface area is 130 Å². The number of rotatable bonds is 3. The SMILES string of the molecule is CC(=O)c1cc2c(Sc3ccc(C)cc3)c[n+]([O-])cc2s1. The average Bonchev–Trinajstić information content (AvgIpc) is 2.85. The molecule has 2 aromatic heterocycles. The lowest BCUT2D eigenvalue weighted by molar-refractivity contribution is -0.605. The van der Waals surface area contributed by atoms with Crippen molar-refractivity contribution in [2.45, 2.75) is 23.6 Å². The monoisotopic (exact) mass is 315 g/mol. The second kappa shape index (κ2) is 5.50. The second-order valence-electron chi connectivity index (χ2n) is 4.84. The number of pyridine rings is 1. The Hall–Kier alpha value is -1.85. The van der Waals surface area contributed by atoms with Crippen molar-refractivity contribution in [3.63, 3.8) is 0 Å². The van der Waals surface area contributed by atoms with Crippen molar-refractivity contribution < 1.29 is 9.52 Å². The van der Waals surface area contributed by atoms with Gasteiger partial charge in [-0.3, -0.25) is 4.79 Å². The van der Waals surface area contributed by atoms with E-state index in [9.17, 15) is 10.0 Å². The summed E-state index contributed by atoms with van der Waals surface area (Å²) in [5.74, 6) is 0.0277. The molecule has 0 spiro atoms. The summed E-state index contributed by atoms with van der Waals surface area (Å²) in [6, 6.07) is 10.0. The van der Waals surface area contributed by atoms with Crippen LogP contribution in [0.5, 0.6) is 0 Å². The highest BCUT2D eigenvalue weighted by Crippen LogP contribution is 2.36. The fourth-order valence-corrected chi connectivity index (χ4v) is 4.04. The van der Waals surface area contributed by atoms with E-state index in [0.29, 0.717) is 4.88 Å². The number of Topliss-reactive ketones (excluding diaryl/α,β-unsaturated/α-hetero) is 1. The van der Waals surface area contributed by atoms with Crippen LogP contribution in [0.1, 0.15) is 22.2 Å². The minimum Gasteiger partial charge on any atom is -0.619 e. The van der Waals surface area contributed by atoms with Crippen molar-refractivity contribution >= 4 is 39.0 Å². The van der Waals surface area contributed by atoms with Crippen LogP contribution in [0.15, 0.2) is 52.5 Å². The van der Waals surface area contributed by atoms with Crippen molar-refractivity contribution in [1.29, 1.82) is 0 Å². The number of benzene rings is 1. The second-order valence-corrected chi connectivity index (χ2v) is 7.04. The third-order valence-corrected chi connectivity index (χ3v) is 5.33. The predicted molar refractivity (Wildman–Crippen MR) is 86.1 cm³/mol. The molecular weight excluding hydrogens is 302 g/mol. The molecule has 1 aromatic carbocycles. The standard InChI is InChI=1S/C16H13NO2S2/c1-10-3-5-12(6-4-10)20-15-8-17(19)9-16-13(15)7-14(21-16)11(2)18/h3-9H,1-2H3. The van der Waals surface area contributed by atoms with Crippen LogP contribution in [-0.4, -0.2) is 5.78 Å². The summed E-state index contributed by atoms with van der Waals surface area (Å²) in [5, 5.41) is 12.7. The lowest BCUT2D eigenvalue weighted by Crippen LogP contribution is -2.24. The number of nitrogens with zero attached hydrogens (tertiary/aromatic N) is 1. The third kappa shape index (κ3) is 2.94. The molecule has 3 nitrogen and oxygen atoms in total. The molecular formula is C16H13NO2S2. The maximum absolute atomic E-state index is 11.8. The molecule has 0 N–H and O–H groups in total. The molecule has 3 rings (SSSR count). The first-order valence-electron chi connectivity index (χ1n) is 6.45. The Kier molecular flexibility index (Phi) is 3.69. The number of thiophene rings is 1. The Morgan fingerprint density at radius 2 is 1.95 bits per heavy atom. The van der Waals surface area contributed by atoms with Gasteiger partial charge in [0.2, 0.25) is 0 Å². The Bertz CT molecular complexity index is 822. The molecule has 0 bridgehead atoms. The summed E-state index contributed by atoms with van der Waals surface area (Å²) < 4.78 is 1.64. The fraction of sp³-hybridized carbons (Fsp3) is 0.125.